The van der Waals surface area contributed by atoms with E-state index in [1.165, 1.54) is 0 Å². The fourth-order valence-electron chi connectivity index (χ4n) is 1.83. The van der Waals surface area contributed by atoms with Crippen LogP contribution in [0.15, 0.2) is 23.6 Å². The topological polar surface area (TPSA) is 39.2 Å². The number of methoxy groups -OCH3 is 1. The molecule has 0 fully saturated rings. The number of carbonyl (C=O) groups excluding carboxylic acids is 1. The monoisotopic (exact) mass is 261 g/mol. The van der Waals surface area contributed by atoms with Crippen molar-refractivity contribution in [1.29, 1.82) is 0 Å². The normalized spacial score (nSPS) is 10.4. The minimum Gasteiger partial charge on any atom is -0.497 e. The Balaban J connectivity index is 2.18. The van der Waals surface area contributed by atoms with Gasteiger partial charge in [-0.3, -0.25) is 4.79 Å². The number of ketones is 1. The van der Waals surface area contributed by atoms with Gasteiger partial charge in [0.05, 0.1) is 24.2 Å². The van der Waals surface area contributed by atoms with E-state index in [1.54, 1.807) is 18.4 Å². The summed E-state index contributed by atoms with van der Waals surface area (Å²) in [5.41, 5.74) is 2.52. The lowest BCUT2D eigenvalue weighted by molar-refractivity contribution is 0.0991. The minimum absolute atomic E-state index is 0.0976. The van der Waals surface area contributed by atoms with Gasteiger partial charge in [-0.25, -0.2) is 4.98 Å². The van der Waals surface area contributed by atoms with Gasteiger partial charge in [0.2, 0.25) is 0 Å². The predicted molar refractivity (Wildman–Crippen MR) is 72.6 cm³/mol. The lowest BCUT2D eigenvalue weighted by Crippen LogP contribution is -2.06. The lowest BCUT2D eigenvalue weighted by Gasteiger charge is -2.06. The van der Waals surface area contributed by atoms with Gasteiger partial charge in [-0.1, -0.05) is 0 Å². The Hall–Kier alpha value is -1.68. The molecule has 18 heavy (non-hydrogen) atoms. The number of hydrogen-bond donors (Lipinski definition) is 0. The van der Waals surface area contributed by atoms with Crippen LogP contribution in [0, 0.1) is 13.8 Å². The third kappa shape index (κ3) is 2.76. The summed E-state index contributed by atoms with van der Waals surface area (Å²) < 4.78 is 5.13. The van der Waals surface area contributed by atoms with Crippen LogP contribution in [0.1, 0.15) is 26.6 Å². The summed E-state index contributed by atoms with van der Waals surface area (Å²) in [5.74, 6) is 0.869. The molecule has 0 aliphatic rings. The van der Waals surface area contributed by atoms with Crippen LogP contribution in [-0.2, 0) is 6.42 Å². The highest BCUT2D eigenvalue weighted by atomic mass is 32.1. The molecular formula is C14H15NO2S. The maximum atomic E-state index is 12.2. The molecule has 2 rings (SSSR count). The van der Waals surface area contributed by atoms with E-state index in [-0.39, 0.29) is 5.78 Å². The molecule has 0 saturated heterocycles. The quantitative estimate of drug-likeness (QED) is 0.793. The smallest absolute Gasteiger partial charge is 0.169 e. The fourth-order valence-corrected chi connectivity index (χ4v) is 2.44. The average molecular weight is 261 g/mol. The molecule has 0 bridgehead atoms. The molecular weight excluding hydrogens is 246 g/mol. The number of aryl methyl sites for hydroxylation is 2. The van der Waals surface area contributed by atoms with Gasteiger partial charge < -0.3 is 4.74 Å². The van der Waals surface area contributed by atoms with Crippen molar-refractivity contribution in [3.63, 3.8) is 0 Å². The Morgan fingerprint density at radius 1 is 1.39 bits per heavy atom. The molecule has 0 atom stereocenters. The van der Waals surface area contributed by atoms with Gasteiger partial charge in [0, 0.05) is 10.9 Å². The van der Waals surface area contributed by atoms with Gasteiger partial charge in [-0.2, -0.15) is 0 Å². The minimum atomic E-state index is 0.0976. The highest BCUT2D eigenvalue weighted by Gasteiger charge is 2.12. The van der Waals surface area contributed by atoms with Crippen LogP contribution in [0.5, 0.6) is 5.75 Å². The molecule has 2 aromatic rings. The first-order valence-corrected chi connectivity index (χ1v) is 6.57. The van der Waals surface area contributed by atoms with Gasteiger partial charge in [-0.15, -0.1) is 11.3 Å². The SMILES string of the molecule is COc1ccc(C(=O)Cc2csc(C)n2)c(C)c1. The molecule has 1 aromatic carbocycles. The third-order valence-electron chi connectivity index (χ3n) is 2.74. The van der Waals surface area contributed by atoms with Crippen LogP contribution in [0.4, 0.5) is 0 Å². The van der Waals surface area contributed by atoms with E-state index < -0.39 is 0 Å². The zero-order chi connectivity index (χ0) is 13.1. The first-order chi connectivity index (χ1) is 8.60. The van der Waals surface area contributed by atoms with Crippen LogP contribution < -0.4 is 4.74 Å². The molecule has 0 aliphatic carbocycles. The van der Waals surface area contributed by atoms with E-state index in [0.29, 0.717) is 6.42 Å². The maximum Gasteiger partial charge on any atom is 0.169 e. The van der Waals surface area contributed by atoms with Crippen molar-refractivity contribution in [1.82, 2.24) is 4.98 Å². The van der Waals surface area contributed by atoms with Crippen LogP contribution >= 0.6 is 11.3 Å². The molecule has 1 heterocycles. The second-order valence-corrected chi connectivity index (χ2v) is 5.20. The summed E-state index contributed by atoms with van der Waals surface area (Å²) in [6.45, 7) is 3.86. The largest absolute Gasteiger partial charge is 0.497 e. The maximum absolute atomic E-state index is 12.2. The summed E-state index contributed by atoms with van der Waals surface area (Å²) in [6, 6.07) is 5.50. The molecule has 3 nitrogen and oxygen atoms in total. The molecule has 94 valence electrons. The van der Waals surface area contributed by atoms with E-state index in [2.05, 4.69) is 4.98 Å². The van der Waals surface area contributed by atoms with Crippen molar-refractivity contribution in [2.75, 3.05) is 7.11 Å². The van der Waals surface area contributed by atoms with Crippen LogP contribution in [0.2, 0.25) is 0 Å². The van der Waals surface area contributed by atoms with E-state index >= 15 is 0 Å². The molecule has 0 radical (unpaired) electrons. The number of hydrogen-bond acceptors (Lipinski definition) is 4. The lowest BCUT2D eigenvalue weighted by atomic mass is 10.0. The number of benzene rings is 1. The standard InChI is InChI=1S/C14H15NO2S/c1-9-6-12(17-3)4-5-13(9)14(16)7-11-8-18-10(2)15-11/h4-6,8H,7H2,1-3H3. The van der Waals surface area contributed by atoms with Gasteiger partial charge in [-0.05, 0) is 37.6 Å². The summed E-state index contributed by atoms with van der Waals surface area (Å²) in [7, 11) is 1.62. The van der Waals surface area contributed by atoms with Crippen LogP contribution in [0.3, 0.4) is 0 Å². The number of ether oxygens (including phenoxy) is 1. The van der Waals surface area contributed by atoms with Crippen molar-refractivity contribution in [3.05, 3.63) is 45.4 Å². The molecule has 0 N–H and O–H groups in total. The third-order valence-corrected chi connectivity index (χ3v) is 3.56. The fraction of sp³-hybridized carbons (Fsp3) is 0.286. The molecule has 0 unspecified atom stereocenters. The van der Waals surface area contributed by atoms with Crippen molar-refractivity contribution in [2.45, 2.75) is 20.3 Å². The Bertz CT molecular complexity index is 575. The summed E-state index contributed by atoms with van der Waals surface area (Å²) in [4.78, 5) is 16.5. The molecule has 1 aromatic heterocycles. The zero-order valence-electron chi connectivity index (χ0n) is 10.7. The van der Waals surface area contributed by atoms with E-state index in [1.807, 2.05) is 37.4 Å². The second-order valence-electron chi connectivity index (χ2n) is 4.14. The Morgan fingerprint density at radius 2 is 2.17 bits per heavy atom. The Labute approximate surface area is 110 Å². The average Bonchev–Trinajstić information content (AvgIpc) is 2.74. The number of rotatable bonds is 4. The van der Waals surface area contributed by atoms with Gasteiger partial charge in [0.25, 0.3) is 0 Å². The number of carbonyl (C=O) groups is 1. The van der Waals surface area contributed by atoms with Crippen molar-refractivity contribution in [2.24, 2.45) is 0 Å². The van der Waals surface area contributed by atoms with Gasteiger partial charge >= 0.3 is 0 Å². The second kappa shape index (κ2) is 5.31. The summed E-state index contributed by atoms with van der Waals surface area (Å²) in [5, 5.41) is 2.93. The Morgan fingerprint density at radius 3 is 2.72 bits per heavy atom. The van der Waals surface area contributed by atoms with Crippen molar-refractivity contribution < 1.29 is 9.53 Å². The van der Waals surface area contributed by atoms with Crippen molar-refractivity contribution >= 4 is 17.1 Å². The number of thiazole rings is 1. The summed E-state index contributed by atoms with van der Waals surface area (Å²) >= 11 is 1.57. The predicted octanol–water partition coefficient (Wildman–Crippen LogP) is 3.19. The number of nitrogens with zero attached hydrogens (tertiary/aromatic N) is 1. The first-order valence-electron chi connectivity index (χ1n) is 5.69. The van der Waals surface area contributed by atoms with Crippen molar-refractivity contribution in [3.8, 4) is 5.75 Å². The Kier molecular flexibility index (Phi) is 3.77. The summed E-state index contributed by atoms with van der Waals surface area (Å²) in [6.07, 6.45) is 0.359. The highest BCUT2D eigenvalue weighted by molar-refractivity contribution is 7.09. The number of aromatic nitrogens is 1. The molecule has 0 amide bonds. The zero-order valence-corrected chi connectivity index (χ0v) is 11.5. The molecule has 0 saturated carbocycles. The molecule has 4 heteroatoms. The van der Waals surface area contributed by atoms with E-state index in [9.17, 15) is 4.79 Å². The van der Waals surface area contributed by atoms with Crippen LogP contribution in [0.25, 0.3) is 0 Å². The van der Waals surface area contributed by atoms with E-state index in [4.69, 9.17) is 4.74 Å². The highest BCUT2D eigenvalue weighted by Crippen LogP contribution is 2.19. The number of Topliss-reactive ketones (excluding diaryl/α,β-unsaturated/α-hetero) is 1. The molecule has 0 spiro atoms. The van der Waals surface area contributed by atoms with Crippen LogP contribution in [-0.4, -0.2) is 17.9 Å². The van der Waals surface area contributed by atoms with Gasteiger partial charge in [0.1, 0.15) is 5.75 Å². The molecule has 0 aliphatic heterocycles. The van der Waals surface area contributed by atoms with Gasteiger partial charge in [0.15, 0.2) is 5.78 Å². The first kappa shape index (κ1) is 12.8. The van der Waals surface area contributed by atoms with E-state index in [0.717, 1.165) is 27.6 Å².